The minimum atomic E-state index is -1.24. The molecule has 380 valence electrons. The average molecular weight is 990 g/mol. The van der Waals surface area contributed by atoms with Gasteiger partial charge in [0.25, 0.3) is 5.91 Å². The summed E-state index contributed by atoms with van der Waals surface area (Å²) in [4.78, 5) is 87.8. The number of carbonyl (C=O) groups is 6. The molecule has 1 fully saturated rings. The van der Waals surface area contributed by atoms with Crippen LogP contribution in [0.25, 0.3) is 11.1 Å². The third-order valence-electron chi connectivity index (χ3n) is 12.4. The number of carbonyl (C=O) groups excluding carboxylic acids is 6. The molecule has 6 amide bonds. The largest absolute Gasteiger partial charge is 0.599 e. The quantitative estimate of drug-likeness (QED) is 0.0382. The SMILES string of the molecule is CCC[C@H](NC(=O)C1C[C@@H](N=C([O-])OCC2c3ccccc3-c3ccccc32)CN1C(=O)OC(C)(C)C)C(=NNC(=O)NC(c1ccccc1)c1ccccc1)C(=O)NCC(=O)N[C@H](C(C)=O)c1ccccc1. The molecule has 1 aliphatic carbocycles. The fraction of sp³-hybridized carbons (Fsp3) is 0.321. The van der Waals surface area contributed by atoms with E-state index < -0.39 is 78.3 Å². The van der Waals surface area contributed by atoms with Crippen LogP contribution < -0.4 is 31.8 Å². The minimum absolute atomic E-state index is 0.0167. The van der Waals surface area contributed by atoms with E-state index >= 15 is 0 Å². The highest BCUT2D eigenvalue weighted by atomic mass is 16.6. The molecule has 0 spiro atoms. The zero-order valence-electron chi connectivity index (χ0n) is 41.5. The number of urea groups is 1. The molecule has 17 heteroatoms. The van der Waals surface area contributed by atoms with Crippen molar-refractivity contribution in [2.24, 2.45) is 10.1 Å². The van der Waals surface area contributed by atoms with Crippen molar-refractivity contribution in [3.05, 3.63) is 167 Å². The molecule has 7 rings (SSSR count). The van der Waals surface area contributed by atoms with Crippen LogP contribution in [0.4, 0.5) is 9.59 Å². The van der Waals surface area contributed by atoms with Gasteiger partial charge in [-0.25, -0.2) is 15.0 Å². The smallest absolute Gasteiger partial charge is 0.411 e. The third-order valence-corrected chi connectivity index (χ3v) is 12.4. The zero-order chi connectivity index (χ0) is 52.1. The lowest BCUT2D eigenvalue weighted by molar-refractivity contribution is -0.251. The summed E-state index contributed by atoms with van der Waals surface area (Å²) in [6, 6.07) is 37.2. The second-order valence-electron chi connectivity index (χ2n) is 18.9. The molecule has 17 nitrogen and oxygen atoms in total. The molecule has 0 aromatic heterocycles. The first-order valence-corrected chi connectivity index (χ1v) is 24.3. The number of amides is 6. The Hall–Kier alpha value is -8.34. The molecule has 4 atom stereocenters. The van der Waals surface area contributed by atoms with Gasteiger partial charge < -0.3 is 35.8 Å². The van der Waals surface area contributed by atoms with E-state index in [1.807, 2.05) is 116 Å². The minimum Gasteiger partial charge on any atom is -0.599 e. The number of Topliss-reactive ketones (excluding diaryl/α,β-unsaturated/α-hetero) is 1. The molecule has 0 bridgehead atoms. The average Bonchev–Trinajstić information content (AvgIpc) is 3.95. The van der Waals surface area contributed by atoms with Crippen molar-refractivity contribution in [1.29, 1.82) is 0 Å². The van der Waals surface area contributed by atoms with Gasteiger partial charge >= 0.3 is 12.1 Å². The van der Waals surface area contributed by atoms with E-state index in [1.54, 1.807) is 51.1 Å². The summed E-state index contributed by atoms with van der Waals surface area (Å²) in [5, 5.41) is 28.7. The highest BCUT2D eigenvalue weighted by Crippen LogP contribution is 2.44. The molecule has 5 N–H and O–H groups in total. The molecule has 2 aliphatic rings. The van der Waals surface area contributed by atoms with E-state index in [-0.39, 0.29) is 43.4 Å². The van der Waals surface area contributed by atoms with Crippen molar-refractivity contribution in [3.63, 3.8) is 0 Å². The van der Waals surface area contributed by atoms with E-state index in [2.05, 4.69) is 36.8 Å². The maximum atomic E-state index is 14.6. The highest BCUT2D eigenvalue weighted by Gasteiger charge is 2.43. The Morgan fingerprint density at radius 3 is 1.84 bits per heavy atom. The van der Waals surface area contributed by atoms with E-state index in [4.69, 9.17) is 9.47 Å². The van der Waals surface area contributed by atoms with Gasteiger partial charge in [-0.2, -0.15) is 5.10 Å². The van der Waals surface area contributed by atoms with Gasteiger partial charge in [-0.05, 0) is 73.1 Å². The molecular weight excluding hydrogens is 929 g/mol. The van der Waals surface area contributed by atoms with Crippen molar-refractivity contribution in [2.45, 2.75) is 95.6 Å². The normalized spacial score (nSPS) is 16.3. The second-order valence-corrected chi connectivity index (χ2v) is 18.9. The summed E-state index contributed by atoms with van der Waals surface area (Å²) in [5.74, 6) is -2.89. The molecule has 0 saturated carbocycles. The molecule has 1 aliphatic heterocycles. The van der Waals surface area contributed by atoms with Gasteiger partial charge in [-0.3, -0.25) is 29.1 Å². The van der Waals surface area contributed by atoms with Crippen LogP contribution in [0.3, 0.4) is 0 Å². The van der Waals surface area contributed by atoms with Crippen LogP contribution in [0.5, 0.6) is 0 Å². The first-order valence-electron chi connectivity index (χ1n) is 24.3. The van der Waals surface area contributed by atoms with E-state index in [1.165, 1.54) is 11.8 Å². The molecule has 0 radical (unpaired) electrons. The number of nitrogens with one attached hydrogen (secondary N) is 5. The monoisotopic (exact) mass is 989 g/mol. The molecule has 1 unspecified atom stereocenters. The molecule has 1 heterocycles. The number of hydrogen-bond donors (Lipinski definition) is 5. The van der Waals surface area contributed by atoms with Crippen LogP contribution in [-0.2, 0) is 28.7 Å². The Balaban J connectivity index is 1.12. The number of nitrogens with zero attached hydrogens (tertiary/aromatic N) is 3. The lowest BCUT2D eigenvalue weighted by atomic mass is 9.98. The second kappa shape index (κ2) is 24.2. The van der Waals surface area contributed by atoms with Crippen molar-refractivity contribution >= 4 is 47.4 Å². The van der Waals surface area contributed by atoms with Gasteiger partial charge in [-0.15, -0.1) is 0 Å². The first-order chi connectivity index (χ1) is 35.1. The molecule has 73 heavy (non-hydrogen) atoms. The lowest BCUT2D eigenvalue weighted by Crippen LogP contribution is -2.55. The predicted octanol–water partition coefficient (Wildman–Crippen LogP) is 6.20. The molecular formula is C56H61N8O9-. The van der Waals surface area contributed by atoms with Crippen LogP contribution in [0.2, 0.25) is 0 Å². The van der Waals surface area contributed by atoms with Crippen molar-refractivity contribution in [1.82, 2.24) is 31.6 Å². The number of hydrogen-bond acceptors (Lipinski definition) is 11. The van der Waals surface area contributed by atoms with E-state index in [9.17, 15) is 33.9 Å². The van der Waals surface area contributed by atoms with Gasteiger partial charge in [0.2, 0.25) is 11.8 Å². The van der Waals surface area contributed by atoms with Gasteiger partial charge in [0.05, 0.1) is 24.7 Å². The van der Waals surface area contributed by atoms with Crippen LogP contribution in [0.15, 0.2) is 150 Å². The number of aliphatic imine (C=N–C) groups is 1. The fourth-order valence-corrected chi connectivity index (χ4v) is 9.03. The van der Waals surface area contributed by atoms with E-state index in [0.29, 0.717) is 12.0 Å². The maximum absolute atomic E-state index is 14.6. The number of hydrazone groups is 1. The van der Waals surface area contributed by atoms with E-state index in [0.717, 1.165) is 33.4 Å². The summed E-state index contributed by atoms with van der Waals surface area (Å²) < 4.78 is 11.5. The lowest BCUT2D eigenvalue weighted by Gasteiger charge is -2.29. The van der Waals surface area contributed by atoms with Crippen LogP contribution in [0.1, 0.15) is 99.7 Å². The Morgan fingerprint density at radius 1 is 0.740 bits per heavy atom. The van der Waals surface area contributed by atoms with Crippen molar-refractivity contribution in [2.75, 3.05) is 19.7 Å². The Labute approximate surface area is 424 Å². The fourth-order valence-electron chi connectivity index (χ4n) is 9.03. The van der Waals surface area contributed by atoms with Crippen molar-refractivity contribution in [3.8, 4) is 11.1 Å². The number of benzene rings is 5. The summed E-state index contributed by atoms with van der Waals surface area (Å²) in [6.07, 6.45) is -1.29. The van der Waals surface area contributed by atoms with Gasteiger partial charge in [-0.1, -0.05) is 153 Å². The molecule has 5 aromatic carbocycles. The predicted molar refractivity (Wildman–Crippen MR) is 274 cm³/mol. The topological polar surface area (TPSA) is 232 Å². The first kappa shape index (κ1) is 52.5. The Bertz CT molecular complexity index is 2730. The number of rotatable bonds is 18. The number of fused-ring (bicyclic) bond motifs is 3. The standard InChI is InChI=1S/C56H62N8O9/c1-6-20-45(59-51(67)46-31-39(33-64(46)55(71)73-56(3,4)5)58-54(70)72-34-44-42-29-18-16-27-40(42)41-28-17-19-30-43(41)44)50(52(68)57-32-47(66)60-48(35(2)65)36-21-10-7-11-22-36)62-63-53(69)61-49(37-23-12-8-13-24-37)38-25-14-9-15-26-38/h7-19,21-30,39,44-46,48-49H,6,20,31-34H2,1-5H3,(H,57,68)(H,58,70)(H,59,67)(H,60,66)(H2,61,63,69)/p-1/t39-,45+,46?,48-/m1/s1. The van der Waals surface area contributed by atoms with Gasteiger partial charge in [0, 0.05) is 25.5 Å². The summed E-state index contributed by atoms with van der Waals surface area (Å²) in [7, 11) is 0. The summed E-state index contributed by atoms with van der Waals surface area (Å²) in [5.41, 5.74) is 7.35. The molecule has 5 aromatic rings. The summed E-state index contributed by atoms with van der Waals surface area (Å²) >= 11 is 0. The highest BCUT2D eigenvalue weighted by molar-refractivity contribution is 6.41. The number of likely N-dealkylation sites (tertiary alicyclic amines) is 1. The van der Waals surface area contributed by atoms with Crippen LogP contribution >= 0.6 is 0 Å². The maximum Gasteiger partial charge on any atom is 0.411 e. The zero-order valence-corrected chi connectivity index (χ0v) is 41.5. The van der Waals surface area contributed by atoms with Gasteiger partial charge in [0.1, 0.15) is 29.5 Å². The van der Waals surface area contributed by atoms with Gasteiger partial charge in [0.15, 0.2) is 5.78 Å². The Kier molecular flexibility index (Phi) is 17.4. The number of ketones is 1. The Morgan fingerprint density at radius 2 is 1.29 bits per heavy atom. The van der Waals surface area contributed by atoms with Crippen molar-refractivity contribution < 1.29 is 43.3 Å². The van der Waals surface area contributed by atoms with Crippen LogP contribution in [0, 0.1) is 0 Å². The van der Waals surface area contributed by atoms with Crippen LogP contribution in [-0.4, -0.2) is 95.7 Å². The summed E-state index contributed by atoms with van der Waals surface area (Å²) in [6.45, 7) is 7.43. The number of ether oxygens (including phenoxy) is 2. The molecule has 1 saturated heterocycles. The third kappa shape index (κ3) is 13.8.